The standard InChI is InChI=1S/C29H37N3O7/c1-6-39-29(34)20-8-7-13-31(17-20)18-28(33)32-24(22-11-10-21(35-2)15-26(22)37-4)16-23(30-32)19-9-12-25(36-3)27(14-19)38-5/h9-12,14-15,20,24H,6-8,13,16-18H2,1-5H3/t20-,24-/m0/s1. The van der Waals surface area contributed by atoms with Crippen LogP contribution in [-0.2, 0) is 14.3 Å². The van der Waals surface area contributed by atoms with Crippen LogP contribution in [0.3, 0.4) is 0 Å². The molecule has 2 aliphatic rings. The second kappa shape index (κ2) is 12.8. The number of hydrogen-bond donors (Lipinski definition) is 0. The molecule has 4 rings (SSSR count). The van der Waals surface area contributed by atoms with E-state index in [0.717, 1.165) is 36.2 Å². The molecule has 210 valence electrons. The first-order chi connectivity index (χ1) is 18.9. The summed E-state index contributed by atoms with van der Waals surface area (Å²) in [6.45, 7) is 3.52. The highest BCUT2D eigenvalue weighted by molar-refractivity contribution is 6.03. The summed E-state index contributed by atoms with van der Waals surface area (Å²) in [4.78, 5) is 28.1. The Kier molecular flexibility index (Phi) is 9.29. The Bertz CT molecular complexity index is 1220. The van der Waals surface area contributed by atoms with E-state index in [-0.39, 0.29) is 30.4 Å². The second-order valence-corrected chi connectivity index (χ2v) is 9.51. The predicted molar refractivity (Wildman–Crippen MR) is 146 cm³/mol. The fourth-order valence-electron chi connectivity index (χ4n) is 5.18. The van der Waals surface area contributed by atoms with Gasteiger partial charge in [0.15, 0.2) is 11.5 Å². The van der Waals surface area contributed by atoms with E-state index in [4.69, 9.17) is 28.8 Å². The van der Waals surface area contributed by atoms with Gasteiger partial charge < -0.3 is 23.7 Å². The van der Waals surface area contributed by atoms with Gasteiger partial charge in [-0.15, -0.1) is 0 Å². The highest BCUT2D eigenvalue weighted by atomic mass is 16.5. The number of hydrogen-bond acceptors (Lipinski definition) is 9. The maximum atomic E-state index is 13.8. The number of rotatable bonds is 10. The minimum absolute atomic E-state index is 0.146. The van der Waals surface area contributed by atoms with Crippen molar-refractivity contribution in [2.24, 2.45) is 11.0 Å². The van der Waals surface area contributed by atoms with Crippen LogP contribution in [0, 0.1) is 5.92 Å². The second-order valence-electron chi connectivity index (χ2n) is 9.51. The van der Waals surface area contributed by atoms with Crippen LogP contribution in [0.1, 0.15) is 43.4 Å². The molecule has 0 spiro atoms. The number of likely N-dealkylation sites (tertiary alicyclic amines) is 1. The number of esters is 1. The van der Waals surface area contributed by atoms with E-state index in [9.17, 15) is 9.59 Å². The van der Waals surface area contributed by atoms with Gasteiger partial charge >= 0.3 is 5.97 Å². The third-order valence-electron chi connectivity index (χ3n) is 7.17. The lowest BCUT2D eigenvalue weighted by molar-refractivity contribution is -0.150. The number of carbonyl (C=O) groups excluding carboxylic acids is 2. The van der Waals surface area contributed by atoms with Gasteiger partial charge in [-0.1, -0.05) is 0 Å². The zero-order chi connectivity index (χ0) is 27.9. The summed E-state index contributed by atoms with van der Waals surface area (Å²) in [7, 11) is 6.37. The van der Waals surface area contributed by atoms with E-state index in [2.05, 4.69) is 0 Å². The summed E-state index contributed by atoms with van der Waals surface area (Å²) in [5, 5.41) is 6.36. The highest BCUT2D eigenvalue weighted by Crippen LogP contribution is 2.40. The first kappa shape index (κ1) is 28.2. The number of amides is 1. The van der Waals surface area contributed by atoms with Gasteiger partial charge in [-0.25, -0.2) is 5.01 Å². The predicted octanol–water partition coefficient (Wildman–Crippen LogP) is 3.67. The van der Waals surface area contributed by atoms with E-state index in [1.54, 1.807) is 46.4 Å². The third kappa shape index (κ3) is 6.27. The Labute approximate surface area is 229 Å². The zero-order valence-electron chi connectivity index (χ0n) is 23.3. The molecule has 2 aromatic carbocycles. The largest absolute Gasteiger partial charge is 0.497 e. The van der Waals surface area contributed by atoms with E-state index in [1.807, 2.05) is 35.2 Å². The summed E-state index contributed by atoms with van der Waals surface area (Å²) in [6.07, 6.45) is 2.07. The van der Waals surface area contributed by atoms with Crippen LogP contribution in [0.4, 0.5) is 0 Å². The smallest absolute Gasteiger partial charge is 0.310 e. The molecule has 10 nitrogen and oxygen atoms in total. The van der Waals surface area contributed by atoms with E-state index < -0.39 is 0 Å². The van der Waals surface area contributed by atoms with Crippen LogP contribution in [0.2, 0.25) is 0 Å². The summed E-state index contributed by atoms with van der Waals surface area (Å²) < 4.78 is 27.2. The van der Waals surface area contributed by atoms with Gasteiger partial charge in [0, 0.05) is 30.2 Å². The van der Waals surface area contributed by atoms with Gasteiger partial charge in [0.1, 0.15) is 11.5 Å². The normalized spacial score (nSPS) is 19.3. The Hall–Kier alpha value is -3.79. The van der Waals surface area contributed by atoms with Crippen LogP contribution < -0.4 is 18.9 Å². The number of carbonyl (C=O) groups is 2. The number of nitrogens with zero attached hydrogens (tertiary/aromatic N) is 3. The molecule has 2 aliphatic heterocycles. The molecule has 2 aromatic rings. The number of methoxy groups -OCH3 is 4. The van der Waals surface area contributed by atoms with Crippen molar-refractivity contribution < 1.29 is 33.3 Å². The molecule has 2 heterocycles. The highest BCUT2D eigenvalue weighted by Gasteiger charge is 2.37. The molecule has 0 bridgehead atoms. The Balaban J connectivity index is 1.63. The molecule has 39 heavy (non-hydrogen) atoms. The van der Waals surface area contributed by atoms with Crippen LogP contribution in [0.5, 0.6) is 23.0 Å². The summed E-state index contributed by atoms with van der Waals surface area (Å²) >= 11 is 0. The Morgan fingerprint density at radius 1 is 0.949 bits per heavy atom. The third-order valence-corrected chi connectivity index (χ3v) is 7.17. The first-order valence-electron chi connectivity index (χ1n) is 13.1. The fourth-order valence-corrected chi connectivity index (χ4v) is 5.18. The lowest BCUT2D eigenvalue weighted by Gasteiger charge is -2.32. The molecule has 0 unspecified atom stereocenters. The van der Waals surface area contributed by atoms with Gasteiger partial charge in [-0.2, -0.15) is 5.10 Å². The number of hydrazone groups is 1. The maximum absolute atomic E-state index is 13.8. The molecule has 0 aliphatic carbocycles. The maximum Gasteiger partial charge on any atom is 0.310 e. The molecule has 0 N–H and O–H groups in total. The van der Waals surface area contributed by atoms with Crippen molar-refractivity contribution in [2.75, 3.05) is 54.7 Å². The molecule has 10 heteroatoms. The number of ether oxygens (including phenoxy) is 5. The Morgan fingerprint density at radius 3 is 2.41 bits per heavy atom. The van der Waals surface area contributed by atoms with E-state index in [0.29, 0.717) is 42.6 Å². The monoisotopic (exact) mass is 539 g/mol. The molecule has 1 fully saturated rings. The van der Waals surface area contributed by atoms with Gasteiger partial charge in [-0.05, 0) is 56.6 Å². The van der Waals surface area contributed by atoms with E-state index >= 15 is 0 Å². The topological polar surface area (TPSA) is 99.1 Å². The van der Waals surface area contributed by atoms with Crippen molar-refractivity contribution in [3.05, 3.63) is 47.5 Å². The van der Waals surface area contributed by atoms with Crippen molar-refractivity contribution >= 4 is 17.6 Å². The molecular formula is C29H37N3O7. The fraction of sp³-hybridized carbons (Fsp3) is 0.483. The molecule has 0 saturated carbocycles. The van der Waals surface area contributed by atoms with Gasteiger partial charge in [0.2, 0.25) is 0 Å². The first-order valence-corrected chi connectivity index (χ1v) is 13.1. The van der Waals surface area contributed by atoms with Crippen LogP contribution in [0.15, 0.2) is 41.5 Å². The quantitative estimate of drug-likeness (QED) is 0.422. The minimum atomic E-state index is -0.382. The molecule has 1 amide bonds. The van der Waals surface area contributed by atoms with Crippen molar-refractivity contribution in [1.29, 1.82) is 0 Å². The summed E-state index contributed by atoms with van der Waals surface area (Å²) in [6, 6.07) is 10.8. The average molecular weight is 540 g/mol. The average Bonchev–Trinajstić information content (AvgIpc) is 3.42. The summed E-state index contributed by atoms with van der Waals surface area (Å²) in [5.74, 6) is 1.88. The molecule has 1 saturated heterocycles. The van der Waals surface area contributed by atoms with Crippen LogP contribution in [-0.4, -0.2) is 82.2 Å². The molecular weight excluding hydrogens is 502 g/mol. The molecule has 2 atom stereocenters. The zero-order valence-corrected chi connectivity index (χ0v) is 23.3. The van der Waals surface area contributed by atoms with Crippen LogP contribution >= 0.6 is 0 Å². The van der Waals surface area contributed by atoms with Gasteiger partial charge in [-0.3, -0.25) is 14.5 Å². The van der Waals surface area contributed by atoms with Gasteiger partial charge in [0.05, 0.1) is 59.3 Å². The number of piperidine rings is 1. The summed E-state index contributed by atoms with van der Waals surface area (Å²) in [5.41, 5.74) is 2.41. The van der Waals surface area contributed by atoms with Crippen molar-refractivity contribution in [3.8, 4) is 23.0 Å². The molecule has 0 aromatic heterocycles. The van der Waals surface area contributed by atoms with Crippen LogP contribution in [0.25, 0.3) is 0 Å². The van der Waals surface area contributed by atoms with Crippen molar-refractivity contribution in [1.82, 2.24) is 9.91 Å². The lowest BCUT2D eigenvalue weighted by atomic mass is 9.96. The van der Waals surface area contributed by atoms with Crippen molar-refractivity contribution in [3.63, 3.8) is 0 Å². The van der Waals surface area contributed by atoms with Crippen molar-refractivity contribution in [2.45, 2.75) is 32.2 Å². The van der Waals surface area contributed by atoms with Gasteiger partial charge in [0.25, 0.3) is 5.91 Å². The SMILES string of the molecule is CCOC(=O)[C@H]1CCCN(CC(=O)N2N=C(c3ccc(OC)c(OC)c3)C[C@H]2c2ccc(OC)cc2OC)C1. The number of benzene rings is 2. The lowest BCUT2D eigenvalue weighted by Crippen LogP contribution is -2.44. The minimum Gasteiger partial charge on any atom is -0.497 e. The van der Waals surface area contributed by atoms with E-state index in [1.165, 1.54) is 0 Å². The Morgan fingerprint density at radius 2 is 1.72 bits per heavy atom. The molecule has 0 radical (unpaired) electrons.